The molecule has 1 heterocycles. The fraction of sp³-hybridized carbons (Fsp3) is 0.111. The van der Waals surface area contributed by atoms with Crippen LogP contribution in [0.15, 0.2) is 33.8 Å². The lowest BCUT2D eigenvalue weighted by Gasteiger charge is -2.04. The fourth-order valence-electron chi connectivity index (χ4n) is 1.20. The van der Waals surface area contributed by atoms with Gasteiger partial charge in [-0.1, -0.05) is 11.8 Å². The molecule has 0 saturated carbocycles. The molecule has 8 heteroatoms. The first-order chi connectivity index (χ1) is 8.20. The van der Waals surface area contributed by atoms with Crippen LogP contribution in [-0.4, -0.2) is 19.4 Å². The van der Waals surface area contributed by atoms with E-state index in [1.807, 2.05) is 0 Å². The predicted octanol–water partition coefficient (Wildman–Crippen LogP) is 2.09. The SMILES string of the molecule is O=[N+]([O-])c1ccc(Sc2ncns2)c(CO)c1. The van der Waals surface area contributed by atoms with Gasteiger partial charge in [0.1, 0.15) is 6.33 Å². The van der Waals surface area contributed by atoms with E-state index >= 15 is 0 Å². The van der Waals surface area contributed by atoms with Gasteiger partial charge in [-0.15, -0.1) is 0 Å². The number of nitro benzene ring substituents is 1. The molecule has 2 aromatic rings. The van der Waals surface area contributed by atoms with E-state index in [0.29, 0.717) is 5.56 Å². The summed E-state index contributed by atoms with van der Waals surface area (Å²) < 4.78 is 4.59. The molecule has 0 fully saturated rings. The van der Waals surface area contributed by atoms with Crippen molar-refractivity contribution in [3.05, 3.63) is 40.2 Å². The summed E-state index contributed by atoms with van der Waals surface area (Å²) in [6.45, 7) is -0.247. The number of benzene rings is 1. The van der Waals surface area contributed by atoms with E-state index in [9.17, 15) is 15.2 Å². The first-order valence-corrected chi connectivity index (χ1v) is 6.12. The molecular formula is C9H7N3O3S2. The summed E-state index contributed by atoms with van der Waals surface area (Å²) >= 11 is 2.56. The van der Waals surface area contributed by atoms with Gasteiger partial charge in [0.15, 0.2) is 4.34 Å². The van der Waals surface area contributed by atoms with Crippen LogP contribution in [-0.2, 0) is 6.61 Å². The largest absolute Gasteiger partial charge is 0.392 e. The molecule has 0 amide bonds. The molecule has 0 bridgehead atoms. The standard InChI is InChI=1S/C9H7N3O3S2/c13-4-6-3-7(12(14)15)1-2-8(6)16-9-10-5-11-17-9/h1-3,5,13H,4H2. The normalized spacial score (nSPS) is 10.4. The monoisotopic (exact) mass is 269 g/mol. The molecule has 17 heavy (non-hydrogen) atoms. The van der Waals surface area contributed by atoms with Crippen LogP contribution in [0.2, 0.25) is 0 Å². The Labute approximate surface area is 105 Å². The highest BCUT2D eigenvalue weighted by atomic mass is 32.2. The van der Waals surface area contributed by atoms with Gasteiger partial charge >= 0.3 is 0 Å². The summed E-state index contributed by atoms with van der Waals surface area (Å²) in [5.41, 5.74) is 0.482. The Morgan fingerprint density at radius 3 is 2.94 bits per heavy atom. The van der Waals surface area contributed by atoms with E-state index in [4.69, 9.17) is 0 Å². The third-order valence-corrected chi connectivity index (χ3v) is 3.80. The number of non-ortho nitro benzene ring substituents is 1. The van der Waals surface area contributed by atoms with Crippen molar-refractivity contribution in [1.82, 2.24) is 9.36 Å². The van der Waals surface area contributed by atoms with Crippen LogP contribution in [0.25, 0.3) is 0 Å². The molecule has 6 nitrogen and oxygen atoms in total. The molecule has 0 atom stereocenters. The van der Waals surface area contributed by atoms with Gasteiger partial charge in [-0.25, -0.2) is 4.98 Å². The fourth-order valence-corrected chi connectivity index (χ4v) is 2.71. The van der Waals surface area contributed by atoms with Crippen LogP contribution in [0, 0.1) is 10.1 Å². The molecule has 0 aliphatic carbocycles. The van der Waals surface area contributed by atoms with Crippen molar-refractivity contribution in [3.8, 4) is 0 Å². The Morgan fingerprint density at radius 2 is 2.35 bits per heavy atom. The van der Waals surface area contributed by atoms with Crippen molar-refractivity contribution in [2.45, 2.75) is 15.8 Å². The lowest BCUT2D eigenvalue weighted by molar-refractivity contribution is -0.385. The minimum absolute atomic E-state index is 0.0318. The molecular weight excluding hydrogens is 262 g/mol. The average Bonchev–Trinajstić information content (AvgIpc) is 2.82. The van der Waals surface area contributed by atoms with Gasteiger partial charge < -0.3 is 5.11 Å². The highest BCUT2D eigenvalue weighted by Crippen LogP contribution is 2.32. The van der Waals surface area contributed by atoms with Crippen LogP contribution in [0.3, 0.4) is 0 Å². The summed E-state index contributed by atoms with van der Waals surface area (Å²) in [7, 11) is 0. The van der Waals surface area contributed by atoms with Crippen molar-refractivity contribution in [2.24, 2.45) is 0 Å². The van der Waals surface area contributed by atoms with Gasteiger partial charge in [0.05, 0.1) is 11.5 Å². The van der Waals surface area contributed by atoms with E-state index in [0.717, 1.165) is 9.24 Å². The van der Waals surface area contributed by atoms with E-state index in [1.165, 1.54) is 41.8 Å². The second-order valence-electron chi connectivity index (χ2n) is 3.02. The Balaban J connectivity index is 2.31. The number of aliphatic hydroxyl groups is 1. The number of rotatable bonds is 4. The molecule has 0 aliphatic heterocycles. The van der Waals surface area contributed by atoms with Crippen LogP contribution >= 0.6 is 23.3 Å². The number of aliphatic hydroxyl groups excluding tert-OH is 1. The second kappa shape index (κ2) is 5.21. The third-order valence-electron chi connectivity index (χ3n) is 1.96. The van der Waals surface area contributed by atoms with Gasteiger partial charge in [-0.2, -0.15) is 4.37 Å². The summed E-state index contributed by atoms with van der Waals surface area (Å²) in [5.74, 6) is 0. The quantitative estimate of drug-likeness (QED) is 0.675. The van der Waals surface area contributed by atoms with Gasteiger partial charge in [0.2, 0.25) is 0 Å². The van der Waals surface area contributed by atoms with Crippen molar-refractivity contribution in [1.29, 1.82) is 0 Å². The van der Waals surface area contributed by atoms with Gasteiger partial charge in [0.25, 0.3) is 5.69 Å². The topological polar surface area (TPSA) is 89.2 Å². The number of aromatic nitrogens is 2. The Morgan fingerprint density at radius 1 is 1.53 bits per heavy atom. The van der Waals surface area contributed by atoms with Crippen molar-refractivity contribution >= 4 is 29.0 Å². The maximum Gasteiger partial charge on any atom is 0.269 e. The van der Waals surface area contributed by atoms with Crippen molar-refractivity contribution < 1.29 is 10.0 Å². The highest BCUT2D eigenvalue weighted by molar-refractivity contribution is 8.01. The molecule has 0 aliphatic rings. The molecule has 0 spiro atoms. The van der Waals surface area contributed by atoms with Gasteiger partial charge in [-0.3, -0.25) is 10.1 Å². The zero-order valence-corrected chi connectivity index (χ0v) is 10.1. The maximum absolute atomic E-state index is 10.6. The highest BCUT2D eigenvalue weighted by Gasteiger charge is 2.12. The Bertz CT molecular complexity index is 530. The molecule has 1 N–H and O–H groups in total. The number of hydrogen-bond donors (Lipinski definition) is 1. The van der Waals surface area contributed by atoms with E-state index in [1.54, 1.807) is 6.07 Å². The molecule has 0 radical (unpaired) electrons. The average molecular weight is 269 g/mol. The summed E-state index contributed by atoms with van der Waals surface area (Å²) in [6.07, 6.45) is 1.44. The Hall–Kier alpha value is -1.51. The zero-order chi connectivity index (χ0) is 12.3. The van der Waals surface area contributed by atoms with Crippen molar-refractivity contribution in [3.63, 3.8) is 0 Å². The molecule has 0 unspecified atom stereocenters. The predicted molar refractivity (Wildman–Crippen MR) is 63.1 cm³/mol. The first kappa shape index (κ1) is 12.0. The minimum atomic E-state index is -0.488. The molecule has 1 aromatic heterocycles. The molecule has 88 valence electrons. The van der Waals surface area contributed by atoms with E-state index < -0.39 is 4.92 Å². The summed E-state index contributed by atoms with van der Waals surface area (Å²) in [6, 6.07) is 4.38. The second-order valence-corrected chi connectivity index (χ2v) is 5.09. The van der Waals surface area contributed by atoms with Crippen molar-refractivity contribution in [2.75, 3.05) is 0 Å². The van der Waals surface area contributed by atoms with Crippen LogP contribution in [0.5, 0.6) is 0 Å². The number of nitro groups is 1. The smallest absolute Gasteiger partial charge is 0.269 e. The first-order valence-electron chi connectivity index (χ1n) is 4.53. The van der Waals surface area contributed by atoms with E-state index in [2.05, 4.69) is 9.36 Å². The number of hydrogen-bond acceptors (Lipinski definition) is 7. The summed E-state index contributed by atoms with van der Waals surface area (Å²) in [4.78, 5) is 14.9. The van der Waals surface area contributed by atoms with Crippen LogP contribution < -0.4 is 0 Å². The Kier molecular flexibility index (Phi) is 3.67. The van der Waals surface area contributed by atoms with Crippen LogP contribution in [0.4, 0.5) is 5.69 Å². The maximum atomic E-state index is 10.6. The lowest BCUT2D eigenvalue weighted by Crippen LogP contribution is -1.93. The third kappa shape index (κ3) is 2.78. The van der Waals surface area contributed by atoms with Gasteiger partial charge in [0, 0.05) is 17.0 Å². The van der Waals surface area contributed by atoms with E-state index in [-0.39, 0.29) is 12.3 Å². The zero-order valence-electron chi connectivity index (χ0n) is 8.44. The van der Waals surface area contributed by atoms with Gasteiger partial charge in [-0.05, 0) is 23.2 Å². The summed E-state index contributed by atoms with van der Waals surface area (Å²) in [5, 5.41) is 19.8. The van der Waals surface area contributed by atoms with Crippen LogP contribution in [0.1, 0.15) is 5.56 Å². The number of nitrogens with zero attached hydrogens (tertiary/aromatic N) is 3. The molecule has 0 saturated heterocycles. The molecule has 1 aromatic carbocycles. The molecule has 2 rings (SSSR count). The minimum Gasteiger partial charge on any atom is -0.392 e. The lowest BCUT2D eigenvalue weighted by atomic mass is 10.2.